The van der Waals surface area contributed by atoms with Crippen molar-refractivity contribution in [3.8, 4) is 0 Å². The Hall–Kier alpha value is -3.12. The minimum absolute atomic E-state index is 0. The van der Waals surface area contributed by atoms with E-state index in [2.05, 4.69) is 29.2 Å². The first-order chi connectivity index (χ1) is 13.9. The van der Waals surface area contributed by atoms with Crippen LogP contribution < -0.4 is 0 Å². The average molecular weight is 420 g/mol. The minimum atomic E-state index is 0. The van der Waals surface area contributed by atoms with Crippen LogP contribution in [-0.4, -0.2) is 30.0 Å². The third kappa shape index (κ3) is 4.39. The van der Waals surface area contributed by atoms with Crippen LogP contribution in [0.1, 0.15) is 42.0 Å². The van der Waals surface area contributed by atoms with Crippen LogP contribution in [0.2, 0.25) is 0 Å². The van der Waals surface area contributed by atoms with Crippen molar-refractivity contribution in [2.45, 2.75) is 19.5 Å². The molecule has 2 aliphatic rings. The van der Waals surface area contributed by atoms with Crippen LogP contribution in [0.3, 0.4) is 0 Å². The number of benzene rings is 2. The number of rotatable bonds is 4. The fourth-order valence-electron chi connectivity index (χ4n) is 3.39. The van der Waals surface area contributed by atoms with Crippen LogP contribution in [0, 0.1) is 0 Å². The van der Waals surface area contributed by atoms with Gasteiger partial charge in [-0.15, -0.1) is 0 Å². The Kier molecular flexibility index (Phi) is 6.90. The number of aliphatic imine (C=N–C) groups is 2. The lowest BCUT2D eigenvalue weighted by Gasteiger charge is -2.04. The van der Waals surface area contributed by atoms with E-state index in [-0.39, 0.29) is 33.0 Å². The number of hydrogen-bond acceptors (Lipinski definition) is 5. The second kappa shape index (κ2) is 9.59. The molecule has 154 valence electrons. The van der Waals surface area contributed by atoms with Crippen molar-refractivity contribution in [1.29, 1.82) is 0 Å². The molecule has 3 aromatic rings. The molecule has 0 fully saturated rings. The van der Waals surface area contributed by atoms with Gasteiger partial charge in [0.05, 0.1) is 0 Å². The molecule has 5 rings (SSSR count). The first-order valence-electron chi connectivity index (χ1n) is 9.36. The molecule has 1 aromatic heterocycles. The Morgan fingerprint density at radius 3 is 1.47 bits per heavy atom. The first kappa shape index (κ1) is 21.6. The Labute approximate surface area is 184 Å². The molecule has 0 N–H and O–H groups in total. The lowest BCUT2D eigenvalue weighted by Crippen LogP contribution is -2.09. The molecule has 5 nitrogen and oxygen atoms in total. The molecule has 30 heavy (non-hydrogen) atoms. The van der Waals surface area contributed by atoms with Crippen LogP contribution >= 0.6 is 13.5 Å². The fourth-order valence-corrected chi connectivity index (χ4v) is 3.39. The van der Waals surface area contributed by atoms with E-state index in [4.69, 9.17) is 19.5 Å². The van der Waals surface area contributed by atoms with Crippen molar-refractivity contribution in [1.82, 2.24) is 4.98 Å². The van der Waals surface area contributed by atoms with Crippen LogP contribution in [-0.2, 0) is 9.47 Å². The third-order valence-electron chi connectivity index (χ3n) is 4.86. The summed E-state index contributed by atoms with van der Waals surface area (Å²) in [5.74, 6) is 1.13. The highest BCUT2D eigenvalue weighted by atomic mass is 32.1. The van der Waals surface area contributed by atoms with E-state index in [0.717, 1.165) is 11.1 Å². The molecular weight excluding hydrogens is 394 g/mol. The zero-order valence-corrected chi connectivity index (χ0v) is 16.7. The van der Waals surface area contributed by atoms with E-state index in [1.165, 1.54) is 0 Å². The van der Waals surface area contributed by atoms with Gasteiger partial charge in [0.1, 0.15) is 36.7 Å². The summed E-state index contributed by atoms with van der Waals surface area (Å²) in [5, 5.41) is 0. The summed E-state index contributed by atoms with van der Waals surface area (Å²) in [6.45, 7) is 1.05. The van der Waals surface area contributed by atoms with E-state index < -0.39 is 0 Å². The van der Waals surface area contributed by atoms with Crippen LogP contribution in [0.5, 0.6) is 0 Å². The van der Waals surface area contributed by atoms with E-state index >= 15 is 0 Å². The highest BCUT2D eigenvalue weighted by Gasteiger charge is 2.25. The zero-order valence-electron chi connectivity index (χ0n) is 15.7. The Morgan fingerprint density at radius 1 is 0.600 bits per heavy atom. The summed E-state index contributed by atoms with van der Waals surface area (Å²) in [5.41, 5.74) is 3.68. The SMILES string of the molecule is C.S.c1ccc([C@H]2COC(c3cccc(C4=N[C@@H](c5ccccc5)CO4)n3)=N2)cc1. The van der Waals surface area contributed by atoms with Gasteiger partial charge in [-0.3, -0.25) is 0 Å². The third-order valence-corrected chi connectivity index (χ3v) is 4.86. The number of aromatic nitrogens is 1. The number of nitrogens with zero attached hydrogens (tertiary/aromatic N) is 3. The highest BCUT2D eigenvalue weighted by Crippen LogP contribution is 2.26. The van der Waals surface area contributed by atoms with Gasteiger partial charge in [-0.25, -0.2) is 15.0 Å². The summed E-state index contributed by atoms with van der Waals surface area (Å²) >= 11 is 0. The maximum absolute atomic E-state index is 5.82. The normalized spacial score (nSPS) is 19.5. The fraction of sp³-hybridized carbons (Fsp3) is 0.208. The van der Waals surface area contributed by atoms with Gasteiger partial charge in [-0.1, -0.05) is 74.2 Å². The Balaban J connectivity index is 0.00000128. The van der Waals surface area contributed by atoms with Crippen molar-refractivity contribution in [2.24, 2.45) is 9.98 Å². The number of ether oxygens (including phenoxy) is 2. The Bertz CT molecular complexity index is 958. The predicted molar refractivity (Wildman–Crippen MR) is 125 cm³/mol. The quantitative estimate of drug-likeness (QED) is 0.606. The second-order valence-corrected chi connectivity index (χ2v) is 6.75. The first-order valence-corrected chi connectivity index (χ1v) is 9.36. The Morgan fingerprint density at radius 2 is 1.03 bits per heavy atom. The maximum atomic E-state index is 5.82. The van der Waals surface area contributed by atoms with Gasteiger partial charge >= 0.3 is 0 Å². The summed E-state index contributed by atoms with van der Waals surface area (Å²) in [4.78, 5) is 14.1. The van der Waals surface area contributed by atoms with Crippen LogP contribution in [0.25, 0.3) is 0 Å². The molecule has 0 radical (unpaired) electrons. The smallest absolute Gasteiger partial charge is 0.236 e. The topological polar surface area (TPSA) is 56.1 Å². The molecule has 3 heterocycles. The molecule has 0 unspecified atom stereocenters. The van der Waals surface area contributed by atoms with Crippen LogP contribution in [0.4, 0.5) is 0 Å². The average Bonchev–Trinajstić information content (AvgIpc) is 3.46. The summed E-state index contributed by atoms with van der Waals surface area (Å²) in [6.07, 6.45) is 0. The molecule has 2 aromatic carbocycles. The lowest BCUT2D eigenvalue weighted by atomic mass is 10.1. The largest absolute Gasteiger partial charge is 0.474 e. The van der Waals surface area contributed by atoms with E-state index in [9.17, 15) is 0 Å². The summed E-state index contributed by atoms with van der Waals surface area (Å²) in [6, 6.07) is 26.1. The van der Waals surface area contributed by atoms with Gasteiger partial charge in [-0.2, -0.15) is 13.5 Å². The summed E-state index contributed by atoms with van der Waals surface area (Å²) < 4.78 is 11.6. The predicted octanol–water partition coefficient (Wildman–Crippen LogP) is 4.87. The van der Waals surface area contributed by atoms with E-state index in [1.807, 2.05) is 54.6 Å². The van der Waals surface area contributed by atoms with Gasteiger partial charge < -0.3 is 9.47 Å². The standard InChI is InChI=1S/C23H19N3O2.CH4.H2S/c1-3-8-16(9-4-1)20-14-27-22(25-20)18-12-7-13-19(24-18)23-26-21(15-28-23)17-10-5-2-6-11-17;;/h1-13,20-21H,14-15H2;1H4;1H2/t20-,21-;;/m1../s1. The highest BCUT2D eigenvalue weighted by molar-refractivity contribution is 7.59. The van der Waals surface area contributed by atoms with Crippen molar-refractivity contribution in [3.63, 3.8) is 0 Å². The van der Waals surface area contributed by atoms with Gasteiger partial charge in [0, 0.05) is 0 Å². The molecule has 0 bridgehead atoms. The minimum Gasteiger partial charge on any atom is -0.474 e. The monoisotopic (exact) mass is 419 g/mol. The summed E-state index contributed by atoms with van der Waals surface area (Å²) in [7, 11) is 0. The van der Waals surface area contributed by atoms with Crippen LogP contribution in [0.15, 0.2) is 88.8 Å². The lowest BCUT2D eigenvalue weighted by molar-refractivity contribution is 0.317. The molecule has 6 heteroatoms. The molecule has 0 amide bonds. The molecule has 0 saturated heterocycles. The molecule has 2 aliphatic heterocycles. The number of hydrogen-bond donors (Lipinski definition) is 0. The molecule has 0 spiro atoms. The zero-order chi connectivity index (χ0) is 18.8. The van der Waals surface area contributed by atoms with Gasteiger partial charge in [0.25, 0.3) is 0 Å². The molecule has 2 atom stereocenters. The molecule has 0 saturated carbocycles. The number of pyridine rings is 1. The van der Waals surface area contributed by atoms with Crippen molar-refractivity contribution in [2.75, 3.05) is 13.2 Å². The van der Waals surface area contributed by atoms with Crippen molar-refractivity contribution in [3.05, 3.63) is 101 Å². The van der Waals surface area contributed by atoms with Crippen molar-refractivity contribution >= 4 is 25.3 Å². The molecule has 0 aliphatic carbocycles. The molecular formula is C24H25N3O2S. The van der Waals surface area contributed by atoms with E-state index in [1.54, 1.807) is 0 Å². The van der Waals surface area contributed by atoms with Gasteiger partial charge in [0.15, 0.2) is 0 Å². The van der Waals surface area contributed by atoms with E-state index in [0.29, 0.717) is 36.4 Å². The van der Waals surface area contributed by atoms with Gasteiger partial charge in [0.2, 0.25) is 11.8 Å². The second-order valence-electron chi connectivity index (χ2n) is 6.75. The maximum Gasteiger partial charge on any atom is 0.236 e. The van der Waals surface area contributed by atoms with Crippen molar-refractivity contribution < 1.29 is 9.47 Å². The van der Waals surface area contributed by atoms with Gasteiger partial charge in [-0.05, 0) is 23.3 Å².